The minimum atomic E-state index is 0.0302. The number of hydrogen-bond donors (Lipinski definition) is 1. The molecule has 2 saturated heterocycles. The molecule has 2 fully saturated rings. The van der Waals surface area contributed by atoms with Gasteiger partial charge < -0.3 is 10.1 Å². The van der Waals surface area contributed by atoms with Gasteiger partial charge in [0.2, 0.25) is 0 Å². The molecule has 0 aromatic carbocycles. The Labute approximate surface area is 106 Å². The number of nitrogens with zero attached hydrogens (tertiary/aromatic N) is 1. The molecule has 2 aliphatic rings. The van der Waals surface area contributed by atoms with Crippen molar-refractivity contribution >= 4 is 0 Å². The van der Waals surface area contributed by atoms with Gasteiger partial charge in [0.1, 0.15) is 0 Å². The number of rotatable bonds is 3. The van der Waals surface area contributed by atoms with Crippen LogP contribution in [-0.2, 0) is 4.74 Å². The number of hydrogen-bond acceptors (Lipinski definition) is 3. The van der Waals surface area contributed by atoms with E-state index in [1.165, 1.54) is 26.1 Å². The highest BCUT2D eigenvalue weighted by Gasteiger charge is 2.40. The fourth-order valence-electron chi connectivity index (χ4n) is 3.27. The van der Waals surface area contributed by atoms with Crippen LogP contribution in [0.1, 0.15) is 34.1 Å². The maximum Gasteiger partial charge on any atom is 0.0753 e. The minimum absolute atomic E-state index is 0.0302. The first-order chi connectivity index (χ1) is 7.94. The molecule has 0 saturated carbocycles. The third-order valence-corrected chi connectivity index (χ3v) is 4.54. The van der Waals surface area contributed by atoms with E-state index in [1.54, 1.807) is 0 Å². The molecule has 0 aromatic heterocycles. The molecule has 0 amide bonds. The number of ether oxygens (including phenoxy) is 1. The highest BCUT2D eigenvalue weighted by atomic mass is 16.5. The second-order valence-corrected chi connectivity index (χ2v) is 6.76. The van der Waals surface area contributed by atoms with E-state index in [1.807, 2.05) is 0 Å². The van der Waals surface area contributed by atoms with Crippen LogP contribution in [0.5, 0.6) is 0 Å². The van der Waals surface area contributed by atoms with Gasteiger partial charge in [0, 0.05) is 26.2 Å². The highest BCUT2D eigenvalue weighted by molar-refractivity contribution is 4.94. The lowest BCUT2D eigenvalue weighted by atomic mass is 9.76. The van der Waals surface area contributed by atoms with Crippen molar-refractivity contribution in [1.29, 1.82) is 0 Å². The van der Waals surface area contributed by atoms with Gasteiger partial charge in [0.15, 0.2) is 0 Å². The molecule has 2 rings (SSSR count). The van der Waals surface area contributed by atoms with Gasteiger partial charge in [-0.2, -0.15) is 0 Å². The molecule has 0 aliphatic carbocycles. The smallest absolute Gasteiger partial charge is 0.0753 e. The normalized spacial score (nSPS) is 34.4. The van der Waals surface area contributed by atoms with Crippen LogP contribution in [0.25, 0.3) is 0 Å². The second-order valence-electron chi connectivity index (χ2n) is 6.76. The van der Waals surface area contributed by atoms with Crippen molar-refractivity contribution in [1.82, 2.24) is 10.2 Å². The van der Waals surface area contributed by atoms with Gasteiger partial charge in [-0.1, -0.05) is 13.8 Å². The predicted molar refractivity (Wildman–Crippen MR) is 71.2 cm³/mol. The summed E-state index contributed by atoms with van der Waals surface area (Å²) in [6.07, 6.45) is 1.32. The summed E-state index contributed by atoms with van der Waals surface area (Å²) in [4.78, 5) is 2.61. The Hall–Kier alpha value is -0.120. The molecule has 3 heteroatoms. The molecule has 3 nitrogen and oxygen atoms in total. The van der Waals surface area contributed by atoms with Crippen LogP contribution in [0, 0.1) is 11.3 Å². The van der Waals surface area contributed by atoms with Crippen LogP contribution in [0.15, 0.2) is 0 Å². The lowest BCUT2D eigenvalue weighted by molar-refractivity contribution is -0.0960. The minimum Gasteiger partial charge on any atom is -0.373 e. The Morgan fingerprint density at radius 3 is 2.65 bits per heavy atom. The summed E-state index contributed by atoms with van der Waals surface area (Å²) in [5, 5.41) is 3.55. The Kier molecular flexibility index (Phi) is 3.81. The molecule has 1 atom stereocenters. The van der Waals surface area contributed by atoms with Crippen molar-refractivity contribution in [3.05, 3.63) is 0 Å². The summed E-state index contributed by atoms with van der Waals surface area (Å²) in [5.41, 5.74) is 0.510. The van der Waals surface area contributed by atoms with Crippen LogP contribution < -0.4 is 5.32 Å². The summed E-state index contributed by atoms with van der Waals surface area (Å²) in [6, 6.07) is 0. The van der Waals surface area contributed by atoms with E-state index >= 15 is 0 Å². The zero-order valence-electron chi connectivity index (χ0n) is 11.9. The Morgan fingerprint density at radius 2 is 2.12 bits per heavy atom. The van der Waals surface area contributed by atoms with E-state index in [-0.39, 0.29) is 5.60 Å². The molecule has 2 heterocycles. The highest BCUT2D eigenvalue weighted by Crippen LogP contribution is 2.35. The first-order valence-electron chi connectivity index (χ1n) is 7.01. The van der Waals surface area contributed by atoms with E-state index in [4.69, 9.17) is 4.74 Å². The summed E-state index contributed by atoms with van der Waals surface area (Å²) in [5.74, 6) is 0.753. The van der Waals surface area contributed by atoms with Crippen molar-refractivity contribution in [2.24, 2.45) is 11.3 Å². The van der Waals surface area contributed by atoms with Crippen LogP contribution in [0.4, 0.5) is 0 Å². The lowest BCUT2D eigenvalue weighted by Gasteiger charge is -2.44. The molecule has 1 N–H and O–H groups in total. The van der Waals surface area contributed by atoms with Gasteiger partial charge >= 0.3 is 0 Å². The molecular formula is C14H28N2O. The lowest BCUT2D eigenvalue weighted by Crippen LogP contribution is -2.53. The van der Waals surface area contributed by atoms with Gasteiger partial charge in [0.05, 0.1) is 12.2 Å². The van der Waals surface area contributed by atoms with E-state index in [2.05, 4.69) is 37.9 Å². The molecule has 0 spiro atoms. The van der Waals surface area contributed by atoms with Crippen molar-refractivity contribution in [2.75, 3.05) is 39.3 Å². The number of morpholine rings is 1. The van der Waals surface area contributed by atoms with E-state index < -0.39 is 0 Å². The monoisotopic (exact) mass is 240 g/mol. The van der Waals surface area contributed by atoms with Crippen LogP contribution in [-0.4, -0.2) is 49.8 Å². The van der Waals surface area contributed by atoms with Gasteiger partial charge in [-0.05, 0) is 38.1 Å². The molecule has 0 bridgehead atoms. The second kappa shape index (κ2) is 4.87. The van der Waals surface area contributed by atoms with Crippen LogP contribution >= 0.6 is 0 Å². The van der Waals surface area contributed by atoms with E-state index in [0.29, 0.717) is 5.41 Å². The quantitative estimate of drug-likeness (QED) is 0.813. The average Bonchev–Trinajstić information content (AvgIpc) is 2.66. The predicted octanol–water partition coefficient (Wildman–Crippen LogP) is 1.73. The van der Waals surface area contributed by atoms with Crippen molar-refractivity contribution in [3.8, 4) is 0 Å². The number of nitrogens with one attached hydrogen (secondary N) is 1. The SMILES string of the molecule is CC(C)C1(CN2CCOC(C)(C)C2)CCNC1. The van der Waals surface area contributed by atoms with Crippen molar-refractivity contribution in [2.45, 2.75) is 39.7 Å². The Balaban J connectivity index is 1.99. The fourth-order valence-corrected chi connectivity index (χ4v) is 3.27. The standard InChI is InChI=1S/C14H28N2O/c1-12(2)14(5-6-15-9-14)11-16-7-8-17-13(3,4)10-16/h12,15H,5-11H2,1-4H3. The first kappa shape index (κ1) is 13.3. The van der Waals surface area contributed by atoms with Gasteiger partial charge in [0.25, 0.3) is 0 Å². The van der Waals surface area contributed by atoms with Crippen molar-refractivity contribution < 1.29 is 4.74 Å². The van der Waals surface area contributed by atoms with Crippen molar-refractivity contribution in [3.63, 3.8) is 0 Å². The van der Waals surface area contributed by atoms with Gasteiger partial charge in [-0.3, -0.25) is 4.90 Å². The molecule has 2 aliphatic heterocycles. The molecule has 17 heavy (non-hydrogen) atoms. The summed E-state index contributed by atoms with van der Waals surface area (Å²) in [6.45, 7) is 15.8. The van der Waals surface area contributed by atoms with Crippen LogP contribution in [0.3, 0.4) is 0 Å². The largest absolute Gasteiger partial charge is 0.373 e. The third kappa shape index (κ3) is 3.01. The van der Waals surface area contributed by atoms with E-state index in [9.17, 15) is 0 Å². The summed E-state index contributed by atoms with van der Waals surface area (Å²) in [7, 11) is 0. The molecular weight excluding hydrogens is 212 g/mol. The first-order valence-corrected chi connectivity index (χ1v) is 7.01. The van der Waals surface area contributed by atoms with E-state index in [0.717, 1.165) is 25.6 Å². The zero-order chi connectivity index (χ0) is 12.5. The zero-order valence-corrected chi connectivity index (χ0v) is 11.9. The molecule has 0 aromatic rings. The molecule has 100 valence electrons. The third-order valence-electron chi connectivity index (χ3n) is 4.54. The molecule has 0 radical (unpaired) electrons. The Morgan fingerprint density at radius 1 is 1.35 bits per heavy atom. The van der Waals surface area contributed by atoms with Gasteiger partial charge in [-0.25, -0.2) is 0 Å². The van der Waals surface area contributed by atoms with Gasteiger partial charge in [-0.15, -0.1) is 0 Å². The topological polar surface area (TPSA) is 24.5 Å². The summed E-state index contributed by atoms with van der Waals surface area (Å²) < 4.78 is 5.80. The maximum absolute atomic E-state index is 5.80. The maximum atomic E-state index is 5.80. The fraction of sp³-hybridized carbons (Fsp3) is 1.00. The molecule has 1 unspecified atom stereocenters. The summed E-state index contributed by atoms with van der Waals surface area (Å²) >= 11 is 0. The average molecular weight is 240 g/mol. The Bertz CT molecular complexity index is 257. The van der Waals surface area contributed by atoms with Crippen LogP contribution in [0.2, 0.25) is 0 Å².